The highest BCUT2D eigenvalue weighted by atomic mass is 16.3. The highest BCUT2D eigenvalue weighted by Crippen LogP contribution is 2.37. The molecule has 2 amide bonds. The number of aliphatic hydroxyl groups is 5. The summed E-state index contributed by atoms with van der Waals surface area (Å²) in [7, 11) is 0. The highest BCUT2D eigenvalue weighted by Gasteiger charge is 2.45. The third-order valence-electron chi connectivity index (χ3n) is 12.2. The molecule has 58 heavy (non-hydrogen) atoms. The number of Topliss-reactive ketones (excluding diaryl/α,β-unsaturated/α-hetero) is 1. The van der Waals surface area contributed by atoms with E-state index in [9.17, 15) is 34.8 Å². The average Bonchev–Trinajstić information content (AvgIpc) is 4.07. The molecule has 4 aromatic rings. The number of hydrogen-bond donors (Lipinski definition) is 9. The maximum absolute atomic E-state index is 13.4. The topological polar surface area (TPSA) is 322 Å². The number of carbonyl (C=O) groups is 3. The normalized spacial score (nSPS) is 29.9. The van der Waals surface area contributed by atoms with Crippen LogP contribution in [0.2, 0.25) is 0 Å². The number of nitrogens with one attached hydrogen (secondary N) is 2. The molecule has 0 radical (unpaired) electrons. The lowest BCUT2D eigenvalue weighted by Gasteiger charge is -2.20. The second-order valence-corrected chi connectivity index (χ2v) is 16.0. The number of nitrogen functional groups attached to an aromatic ring is 2. The summed E-state index contributed by atoms with van der Waals surface area (Å²) < 4.78 is 3.31. The van der Waals surface area contributed by atoms with Gasteiger partial charge in [0.05, 0.1) is 36.8 Å². The van der Waals surface area contributed by atoms with E-state index in [1.807, 2.05) is 9.80 Å². The van der Waals surface area contributed by atoms with Crippen LogP contribution in [-0.4, -0.2) is 151 Å². The van der Waals surface area contributed by atoms with Crippen LogP contribution in [0.15, 0.2) is 12.7 Å². The van der Waals surface area contributed by atoms with Gasteiger partial charge in [-0.3, -0.25) is 14.4 Å². The summed E-state index contributed by atoms with van der Waals surface area (Å²) in [6.07, 6.45) is 1.17. The Labute approximate surface area is 331 Å². The van der Waals surface area contributed by atoms with Gasteiger partial charge in [0.15, 0.2) is 22.9 Å². The molecule has 11 N–H and O–H groups in total. The van der Waals surface area contributed by atoms with E-state index in [0.717, 1.165) is 12.8 Å². The molecule has 2 saturated carbocycles. The van der Waals surface area contributed by atoms with Gasteiger partial charge < -0.3 is 66.6 Å². The minimum Gasteiger partial charge on any atom is -0.388 e. The number of aromatic nitrogens is 8. The van der Waals surface area contributed by atoms with Gasteiger partial charge in [-0.15, -0.1) is 0 Å². The van der Waals surface area contributed by atoms with E-state index in [1.165, 1.54) is 12.7 Å². The van der Waals surface area contributed by atoms with Crippen LogP contribution >= 0.6 is 0 Å². The summed E-state index contributed by atoms with van der Waals surface area (Å²) in [5.74, 6) is 0.507. The van der Waals surface area contributed by atoms with Crippen molar-refractivity contribution in [3.05, 3.63) is 12.7 Å². The molecule has 4 aromatic heterocycles. The molecular weight excluding hydrogens is 756 g/mol. The van der Waals surface area contributed by atoms with Gasteiger partial charge in [0.25, 0.3) is 0 Å². The van der Waals surface area contributed by atoms with Crippen molar-refractivity contribution in [2.45, 2.75) is 100 Å². The number of carbonyl (C=O) groups excluding carboxylic acids is 3. The minimum atomic E-state index is -1.26. The van der Waals surface area contributed by atoms with E-state index >= 15 is 0 Å². The number of nitrogens with zero attached hydrogens (tertiary/aromatic N) is 10. The van der Waals surface area contributed by atoms with Gasteiger partial charge in [0.1, 0.15) is 47.8 Å². The predicted molar refractivity (Wildman–Crippen MR) is 207 cm³/mol. The maximum atomic E-state index is 13.4. The lowest BCUT2D eigenvalue weighted by atomic mass is 9.94. The molecule has 6 heterocycles. The third-order valence-corrected chi connectivity index (χ3v) is 12.2. The molecule has 8 rings (SSSR count). The Balaban J connectivity index is 0.883. The summed E-state index contributed by atoms with van der Waals surface area (Å²) in [4.78, 5) is 68.5. The first-order valence-corrected chi connectivity index (χ1v) is 19.8. The molecule has 0 aromatic carbocycles. The Bertz CT molecular complexity index is 2050. The van der Waals surface area contributed by atoms with Crippen molar-refractivity contribution < 1.29 is 39.9 Å². The molecule has 10 atom stereocenters. The third kappa shape index (κ3) is 7.33. The Morgan fingerprint density at radius 2 is 1.16 bits per heavy atom. The summed E-state index contributed by atoms with van der Waals surface area (Å²) in [5, 5.41) is 57.5. The number of amides is 2. The zero-order chi connectivity index (χ0) is 41.0. The molecule has 0 bridgehead atoms. The second kappa shape index (κ2) is 15.8. The quantitative estimate of drug-likeness (QED) is 0.0717. The van der Waals surface area contributed by atoms with Crippen molar-refractivity contribution >= 4 is 63.5 Å². The fraction of sp³-hybridized carbons (Fsp3) is 0.639. The van der Waals surface area contributed by atoms with Gasteiger partial charge >= 0.3 is 0 Å². The Morgan fingerprint density at radius 1 is 0.707 bits per heavy atom. The summed E-state index contributed by atoms with van der Waals surface area (Å²) in [6, 6.07) is -2.68. The van der Waals surface area contributed by atoms with Crippen molar-refractivity contribution in [3.63, 3.8) is 0 Å². The fourth-order valence-electron chi connectivity index (χ4n) is 9.13. The Hall–Kier alpha value is -5.29. The summed E-state index contributed by atoms with van der Waals surface area (Å²) >= 11 is 0. The number of imidazole rings is 2. The zero-order valence-electron chi connectivity index (χ0n) is 32.0. The first kappa shape index (κ1) is 39.5. The number of fused-ring (bicyclic) bond motifs is 2. The fourth-order valence-corrected chi connectivity index (χ4v) is 9.13. The van der Waals surface area contributed by atoms with Crippen LogP contribution in [0.5, 0.6) is 0 Å². The van der Waals surface area contributed by atoms with E-state index < -0.39 is 61.1 Å². The molecule has 2 aliphatic carbocycles. The molecule has 22 heteroatoms. The number of rotatable bonds is 12. The second-order valence-electron chi connectivity index (χ2n) is 16.0. The van der Waals surface area contributed by atoms with E-state index in [1.54, 1.807) is 16.1 Å². The van der Waals surface area contributed by atoms with E-state index in [-0.39, 0.29) is 54.4 Å². The lowest BCUT2D eigenvalue weighted by Crippen LogP contribution is -2.44. The molecule has 2 aliphatic heterocycles. The largest absolute Gasteiger partial charge is 0.388 e. The number of ketones is 1. The minimum absolute atomic E-state index is 0.0725. The van der Waals surface area contributed by atoms with Crippen LogP contribution in [0.3, 0.4) is 0 Å². The molecule has 22 nitrogen and oxygen atoms in total. The van der Waals surface area contributed by atoms with Crippen molar-refractivity contribution in [2.75, 3.05) is 54.1 Å². The average molecular weight is 807 g/mol. The van der Waals surface area contributed by atoms with Crippen LogP contribution in [0, 0.1) is 11.8 Å². The number of hydrogen-bond acceptors (Lipinski definition) is 18. The highest BCUT2D eigenvalue weighted by molar-refractivity contribution is 5.84. The number of anilines is 4. The van der Waals surface area contributed by atoms with Crippen LogP contribution in [0.4, 0.5) is 23.5 Å². The molecule has 0 unspecified atom stereocenters. The van der Waals surface area contributed by atoms with Crippen molar-refractivity contribution in [1.82, 2.24) is 49.7 Å². The first-order chi connectivity index (χ1) is 27.8. The van der Waals surface area contributed by atoms with Crippen LogP contribution in [-0.2, 0) is 14.4 Å². The van der Waals surface area contributed by atoms with E-state index in [2.05, 4.69) is 30.6 Å². The predicted octanol–water partition coefficient (Wildman–Crippen LogP) is -2.46. The van der Waals surface area contributed by atoms with Gasteiger partial charge in [-0.1, -0.05) is 6.92 Å². The van der Waals surface area contributed by atoms with Crippen molar-refractivity contribution in [1.29, 1.82) is 0 Å². The van der Waals surface area contributed by atoms with Crippen molar-refractivity contribution in [2.24, 2.45) is 11.8 Å². The van der Waals surface area contributed by atoms with Crippen LogP contribution in [0.1, 0.15) is 64.0 Å². The molecule has 312 valence electrons. The van der Waals surface area contributed by atoms with Gasteiger partial charge in [-0.05, 0) is 37.5 Å². The summed E-state index contributed by atoms with van der Waals surface area (Å²) in [6.45, 7) is 3.30. The standard InChI is InChI=1S/C36H50N14O8/c1-2-23(53)41-19-9-21(29(57)27(19)55)49-14-39-25-31(37)43-35(45-33(25)49)47-5-3-16(11-47)7-18(52)8-17-4-6-48(12-17)36-44-32(38)26-34(46-36)50(15-40-26)22-10-20(28(56)30(22)58)42-24(54)13-51/h14-17,19-22,27-30,51,55-58H,2-13H2,1H3,(H,41,53)(H,42,54)(H2,37,43,45)(H2,38,44,46)/t16-,17-,19-,20-,21+,22+,27+,28+,29-,30-/m0/s1. The maximum Gasteiger partial charge on any atom is 0.246 e. The van der Waals surface area contributed by atoms with Gasteiger partial charge in [0, 0.05) is 45.4 Å². The summed E-state index contributed by atoms with van der Waals surface area (Å²) in [5.41, 5.74) is 14.1. The zero-order valence-corrected chi connectivity index (χ0v) is 32.0. The SMILES string of the molecule is CCC(=O)N[C@H]1C[C@@H](n2cnc3c(N)nc(N4CC[C@@H](CC(=O)C[C@@H]5CCN(c6nc(N)c7ncn([C@@H]8C[C@H](NC(=O)CO)[C@@H](O)[C@H]8O)c7n6)C5)C4)nc32)[C@H](O)[C@@H]1O. The van der Waals surface area contributed by atoms with E-state index in [4.69, 9.17) is 26.5 Å². The Kier molecular flexibility index (Phi) is 10.8. The number of nitrogens with two attached hydrogens (primary N) is 2. The molecule has 4 fully saturated rings. The Morgan fingerprint density at radius 3 is 1.59 bits per heavy atom. The number of aliphatic hydroxyl groups excluding tert-OH is 5. The molecular formula is C36H50N14O8. The molecule has 2 saturated heterocycles. The molecule has 4 aliphatic rings. The molecule has 0 spiro atoms. The van der Waals surface area contributed by atoms with Gasteiger partial charge in [-0.25, -0.2) is 9.97 Å². The van der Waals surface area contributed by atoms with Gasteiger partial charge in [0.2, 0.25) is 23.7 Å². The van der Waals surface area contributed by atoms with Crippen LogP contribution in [0.25, 0.3) is 22.3 Å². The van der Waals surface area contributed by atoms with Gasteiger partial charge in [-0.2, -0.15) is 19.9 Å². The lowest BCUT2D eigenvalue weighted by molar-refractivity contribution is -0.125. The monoisotopic (exact) mass is 806 g/mol. The van der Waals surface area contributed by atoms with Crippen LogP contribution < -0.4 is 31.9 Å². The smallest absolute Gasteiger partial charge is 0.246 e. The first-order valence-electron chi connectivity index (χ1n) is 19.8. The van der Waals surface area contributed by atoms with E-state index in [0.29, 0.717) is 73.2 Å². The van der Waals surface area contributed by atoms with Crippen molar-refractivity contribution in [3.8, 4) is 0 Å².